The molecule has 0 aliphatic carbocycles. The fourth-order valence-electron chi connectivity index (χ4n) is 3.46. The van der Waals surface area contributed by atoms with Gasteiger partial charge in [-0.1, -0.05) is 37.3 Å². The van der Waals surface area contributed by atoms with E-state index >= 15 is 4.39 Å². The lowest BCUT2D eigenvalue weighted by Crippen LogP contribution is -2.34. The number of hydrogen-bond donors (Lipinski definition) is 2. The van der Waals surface area contributed by atoms with Gasteiger partial charge in [-0.3, -0.25) is 19.4 Å². The van der Waals surface area contributed by atoms with E-state index in [1.165, 1.54) is 6.92 Å². The average molecular weight is 475 g/mol. The molecule has 0 spiro atoms. The highest BCUT2D eigenvalue weighted by Crippen LogP contribution is 2.38. The second-order valence-electron chi connectivity index (χ2n) is 7.42. The summed E-state index contributed by atoms with van der Waals surface area (Å²) >= 11 is 0. The second-order valence-corrected chi connectivity index (χ2v) is 7.42. The van der Waals surface area contributed by atoms with E-state index in [1.54, 1.807) is 0 Å². The van der Waals surface area contributed by atoms with Gasteiger partial charge in [0.25, 0.3) is 5.56 Å². The number of anilines is 1. The molecule has 1 aliphatic rings. The normalized spacial score (nSPS) is 22.0. The number of halogens is 1. The van der Waals surface area contributed by atoms with Crippen molar-refractivity contribution < 1.29 is 32.9 Å². The second kappa shape index (κ2) is 9.47. The number of alkyl halides is 1. The monoisotopic (exact) mass is 475 g/mol. The van der Waals surface area contributed by atoms with Crippen molar-refractivity contribution in [1.29, 1.82) is 0 Å². The van der Waals surface area contributed by atoms with E-state index in [-0.39, 0.29) is 36.2 Å². The van der Waals surface area contributed by atoms with Crippen LogP contribution >= 0.6 is 0 Å². The minimum atomic E-state index is -2.04. The fourth-order valence-corrected chi connectivity index (χ4v) is 3.46. The number of aromatic nitrogens is 4. The lowest BCUT2D eigenvalue weighted by Gasteiger charge is -2.21. The van der Waals surface area contributed by atoms with Gasteiger partial charge in [0, 0.05) is 13.3 Å². The average Bonchev–Trinajstić information content (AvgIpc) is 3.30. The molecule has 0 unspecified atom stereocenters. The fraction of sp³-hybridized carbons (Fsp3) is 0.381. The molecule has 1 aliphatic heterocycles. The van der Waals surface area contributed by atoms with Crippen LogP contribution in [0.4, 0.5) is 10.3 Å². The first-order valence-corrected chi connectivity index (χ1v) is 10.4. The van der Waals surface area contributed by atoms with Crippen molar-refractivity contribution in [2.45, 2.75) is 51.7 Å². The van der Waals surface area contributed by atoms with E-state index in [4.69, 9.17) is 24.7 Å². The summed E-state index contributed by atoms with van der Waals surface area (Å²) in [5.41, 5.74) is 5.56. The van der Waals surface area contributed by atoms with Gasteiger partial charge in [-0.25, -0.2) is 8.96 Å². The number of fused-ring (bicyclic) bond motifs is 1. The number of rotatable bonds is 7. The Hall–Kier alpha value is -4.00. The van der Waals surface area contributed by atoms with E-state index in [1.807, 2.05) is 30.3 Å². The smallest absolute Gasteiger partial charge is 0.307 e. The van der Waals surface area contributed by atoms with Gasteiger partial charge in [0.05, 0.1) is 0 Å². The van der Waals surface area contributed by atoms with E-state index in [9.17, 15) is 14.4 Å². The number of aromatic amines is 1. The molecule has 0 radical (unpaired) electrons. The van der Waals surface area contributed by atoms with Crippen molar-refractivity contribution in [1.82, 2.24) is 19.5 Å². The number of hydrogen-bond acceptors (Lipinski definition) is 10. The predicted octanol–water partition coefficient (Wildman–Crippen LogP) is 1.36. The number of esters is 2. The van der Waals surface area contributed by atoms with Gasteiger partial charge in [0.1, 0.15) is 6.61 Å². The maximum Gasteiger partial charge on any atom is 0.307 e. The van der Waals surface area contributed by atoms with Crippen LogP contribution in [0.15, 0.2) is 35.1 Å². The molecule has 3 aromatic rings. The molecule has 3 N–H and O–H groups in total. The first kappa shape index (κ1) is 23.2. The number of ether oxygens (including phenoxy) is 4. The molecule has 4 atom stereocenters. The molecular formula is C21H22FN5O7. The molecule has 4 rings (SSSR count). The SMILES string of the molecule is CCC(=O)O[C@H]1O[C@@H](n2c(OCc3ccccc3)nc3c(=O)[nH]c(N)nc32)[C@H](OC(C)=O)[C@H]1F. The van der Waals surface area contributed by atoms with Gasteiger partial charge in [0.15, 0.2) is 23.5 Å². The van der Waals surface area contributed by atoms with E-state index in [2.05, 4.69) is 15.0 Å². The largest absolute Gasteiger partial charge is 0.460 e. The highest BCUT2D eigenvalue weighted by molar-refractivity contribution is 5.73. The Morgan fingerprint density at radius 1 is 1.24 bits per heavy atom. The maximum absolute atomic E-state index is 15.2. The molecule has 180 valence electrons. The number of benzene rings is 1. The lowest BCUT2D eigenvalue weighted by atomic mass is 10.2. The Labute approximate surface area is 191 Å². The van der Waals surface area contributed by atoms with Crippen LogP contribution in [0.1, 0.15) is 32.1 Å². The molecule has 0 amide bonds. The van der Waals surface area contributed by atoms with E-state index < -0.39 is 42.3 Å². The number of H-pyrrole nitrogens is 1. The summed E-state index contributed by atoms with van der Waals surface area (Å²) in [6, 6.07) is 8.90. The highest BCUT2D eigenvalue weighted by Gasteiger charge is 2.52. The number of imidazole rings is 1. The third-order valence-corrected chi connectivity index (χ3v) is 4.97. The molecule has 1 aromatic carbocycles. The van der Waals surface area contributed by atoms with Crippen LogP contribution in [0.3, 0.4) is 0 Å². The summed E-state index contributed by atoms with van der Waals surface area (Å²) in [7, 11) is 0. The van der Waals surface area contributed by atoms with Crippen molar-refractivity contribution in [2.24, 2.45) is 0 Å². The molecule has 1 saturated heterocycles. The zero-order valence-corrected chi connectivity index (χ0v) is 18.3. The third kappa shape index (κ3) is 4.55. The summed E-state index contributed by atoms with van der Waals surface area (Å²) in [5.74, 6) is -1.75. The number of carbonyl (C=O) groups excluding carboxylic acids is 2. The Balaban J connectivity index is 1.80. The van der Waals surface area contributed by atoms with Crippen molar-refractivity contribution in [3.05, 3.63) is 46.2 Å². The van der Waals surface area contributed by atoms with Crippen molar-refractivity contribution in [3.8, 4) is 6.01 Å². The number of nitrogen functional groups attached to an aromatic ring is 1. The van der Waals surface area contributed by atoms with Crippen LogP contribution in [0, 0.1) is 0 Å². The molecule has 3 heterocycles. The summed E-state index contributed by atoms with van der Waals surface area (Å²) in [6.07, 6.45) is -6.74. The quantitative estimate of drug-likeness (QED) is 0.477. The van der Waals surface area contributed by atoms with Crippen LogP contribution in [0.25, 0.3) is 11.2 Å². The lowest BCUT2D eigenvalue weighted by molar-refractivity contribution is -0.188. The van der Waals surface area contributed by atoms with Gasteiger partial charge in [-0.15, -0.1) is 0 Å². The summed E-state index contributed by atoms with van der Waals surface area (Å²) in [6.45, 7) is 2.66. The molecule has 2 aromatic heterocycles. The predicted molar refractivity (Wildman–Crippen MR) is 114 cm³/mol. The minimum absolute atomic E-state index is 0.0254. The Bertz CT molecular complexity index is 1260. The molecule has 1 fully saturated rings. The minimum Gasteiger partial charge on any atom is -0.460 e. The Morgan fingerprint density at radius 2 is 1.97 bits per heavy atom. The maximum atomic E-state index is 15.2. The third-order valence-electron chi connectivity index (χ3n) is 4.97. The zero-order valence-electron chi connectivity index (χ0n) is 18.3. The van der Waals surface area contributed by atoms with E-state index in [0.717, 1.165) is 17.1 Å². The molecule has 0 bridgehead atoms. The van der Waals surface area contributed by atoms with Crippen molar-refractivity contribution >= 4 is 29.1 Å². The van der Waals surface area contributed by atoms with Gasteiger partial charge in [0.2, 0.25) is 18.4 Å². The standard InChI is InChI=1S/C21H22FN5O7/c1-3-12(29)33-19-13(22)15(32-10(2)28)18(34-19)27-16-14(17(30)26-20(23)25-16)24-21(27)31-9-11-7-5-4-6-8-11/h4-8,13,15,18-19H,3,9H2,1-2H3,(H3,23,25,26,30)/t13-,15-,18-,19+/m1/s1. The first-order chi connectivity index (χ1) is 16.3. The molecule has 13 heteroatoms. The first-order valence-electron chi connectivity index (χ1n) is 10.4. The van der Waals surface area contributed by atoms with Crippen molar-refractivity contribution in [2.75, 3.05) is 5.73 Å². The van der Waals surface area contributed by atoms with Crippen molar-refractivity contribution in [3.63, 3.8) is 0 Å². The zero-order chi connectivity index (χ0) is 24.4. The summed E-state index contributed by atoms with van der Waals surface area (Å²) in [4.78, 5) is 46.5. The van der Waals surface area contributed by atoms with Crippen LogP contribution in [-0.4, -0.2) is 50.0 Å². The van der Waals surface area contributed by atoms with Gasteiger partial charge < -0.3 is 24.7 Å². The molecule has 12 nitrogen and oxygen atoms in total. The highest BCUT2D eigenvalue weighted by atomic mass is 19.1. The molecule has 34 heavy (non-hydrogen) atoms. The number of nitrogens with zero attached hydrogens (tertiary/aromatic N) is 3. The van der Waals surface area contributed by atoms with Gasteiger partial charge in [-0.2, -0.15) is 9.97 Å². The summed E-state index contributed by atoms with van der Waals surface area (Å²) < 4.78 is 38.0. The number of carbonyl (C=O) groups is 2. The van der Waals surface area contributed by atoms with Crippen LogP contribution in [0.5, 0.6) is 6.01 Å². The van der Waals surface area contributed by atoms with Crippen LogP contribution in [-0.2, 0) is 30.4 Å². The van der Waals surface area contributed by atoms with Crippen LogP contribution in [0.2, 0.25) is 0 Å². The number of nitrogens with two attached hydrogens (primary N) is 1. The summed E-state index contributed by atoms with van der Waals surface area (Å²) in [5, 5.41) is 0. The van der Waals surface area contributed by atoms with Gasteiger partial charge >= 0.3 is 17.9 Å². The van der Waals surface area contributed by atoms with E-state index in [0.29, 0.717) is 0 Å². The Morgan fingerprint density at radius 3 is 2.65 bits per heavy atom. The van der Waals surface area contributed by atoms with Gasteiger partial charge in [-0.05, 0) is 5.56 Å². The topological polar surface area (TPSA) is 161 Å². The Kier molecular flexibility index (Phi) is 6.45. The number of nitrogens with one attached hydrogen (secondary N) is 1. The molecular weight excluding hydrogens is 453 g/mol. The molecule has 0 saturated carbocycles. The van der Waals surface area contributed by atoms with Crippen LogP contribution < -0.4 is 16.0 Å².